The molecule has 10 nitrogen and oxygen atoms in total. The third kappa shape index (κ3) is 2.72. The fourth-order valence-corrected chi connectivity index (χ4v) is 3.84. The van der Waals surface area contributed by atoms with E-state index in [0.717, 1.165) is 4.31 Å². The van der Waals surface area contributed by atoms with Gasteiger partial charge in [-0.05, 0) is 22.6 Å². The van der Waals surface area contributed by atoms with Crippen LogP contribution in [0.3, 0.4) is 0 Å². The minimum Gasteiger partial charge on any atom is -0.505 e. The fourth-order valence-electron chi connectivity index (χ4n) is 2.29. The van der Waals surface area contributed by atoms with E-state index in [1.807, 2.05) is 0 Å². The van der Waals surface area contributed by atoms with Crippen LogP contribution in [0.5, 0.6) is 0 Å². The molecule has 0 atom stereocenters. The molecular formula is C13H15N5O5S. The highest BCUT2D eigenvalue weighted by molar-refractivity contribution is 7.89. The minimum absolute atomic E-state index is 0.0147. The van der Waals surface area contributed by atoms with E-state index < -0.39 is 10.0 Å². The Bertz CT molecular complexity index is 849. The van der Waals surface area contributed by atoms with Crippen molar-refractivity contribution < 1.29 is 23.0 Å². The molecule has 128 valence electrons. The van der Waals surface area contributed by atoms with Gasteiger partial charge in [0.25, 0.3) is 10.0 Å². The average molecular weight is 353 g/mol. The number of fused-ring (bicyclic) bond motifs is 1. The molecule has 0 aliphatic carbocycles. The summed E-state index contributed by atoms with van der Waals surface area (Å²) in [7, 11) is -2.44. The van der Waals surface area contributed by atoms with Gasteiger partial charge in [0.05, 0.1) is 18.1 Å². The lowest BCUT2D eigenvalue weighted by molar-refractivity contribution is 0.0457. The van der Waals surface area contributed by atoms with Gasteiger partial charge >= 0.3 is 0 Å². The Labute approximate surface area is 137 Å². The number of nitrogens with one attached hydrogen (secondary N) is 1. The van der Waals surface area contributed by atoms with Crippen molar-refractivity contribution >= 4 is 21.5 Å². The Hall–Kier alpha value is -2.50. The van der Waals surface area contributed by atoms with Gasteiger partial charge in [-0.2, -0.15) is 0 Å². The van der Waals surface area contributed by atoms with Crippen molar-refractivity contribution in [2.24, 2.45) is 0 Å². The maximum atomic E-state index is 12.9. The second kappa shape index (κ2) is 6.55. The fraction of sp³-hybridized carbons (Fsp3) is 0.308. The molecule has 24 heavy (non-hydrogen) atoms. The smallest absolute Gasteiger partial charge is 0.267 e. The summed E-state index contributed by atoms with van der Waals surface area (Å²) in [5, 5.41) is 23.6. The first-order chi connectivity index (χ1) is 11.6. The Morgan fingerprint density at radius 1 is 1.29 bits per heavy atom. The van der Waals surface area contributed by atoms with E-state index in [9.17, 15) is 13.5 Å². The number of aromatic amines is 1. The molecule has 1 aliphatic heterocycles. The van der Waals surface area contributed by atoms with Crippen LogP contribution in [0.4, 0.5) is 0 Å². The molecule has 0 saturated carbocycles. The van der Waals surface area contributed by atoms with Gasteiger partial charge in [0.1, 0.15) is 12.4 Å². The van der Waals surface area contributed by atoms with E-state index in [4.69, 9.17) is 9.47 Å². The van der Waals surface area contributed by atoms with Crippen molar-refractivity contribution in [3.8, 4) is 0 Å². The highest BCUT2D eigenvalue weighted by Crippen LogP contribution is 2.38. The normalized spacial score (nSPS) is 16.3. The van der Waals surface area contributed by atoms with Gasteiger partial charge in [-0.25, -0.2) is 17.8 Å². The van der Waals surface area contributed by atoms with Crippen LogP contribution in [-0.2, 0) is 19.5 Å². The largest absolute Gasteiger partial charge is 0.505 e. The highest BCUT2D eigenvalue weighted by Gasteiger charge is 2.39. The molecule has 1 aromatic carbocycles. The van der Waals surface area contributed by atoms with Gasteiger partial charge in [-0.15, -0.1) is 5.10 Å². The maximum absolute atomic E-state index is 12.9. The van der Waals surface area contributed by atoms with Gasteiger partial charge in [0, 0.05) is 12.7 Å². The summed E-state index contributed by atoms with van der Waals surface area (Å²) in [5.41, 5.74) is 0.105. The summed E-state index contributed by atoms with van der Waals surface area (Å²) in [6.07, 6.45) is 0. The topological polar surface area (TPSA) is 131 Å². The lowest BCUT2D eigenvalue weighted by Gasteiger charge is -2.30. The number of aliphatic hydroxyl groups excluding tert-OH is 1. The number of hydrogen-bond donors (Lipinski definition) is 2. The second-order valence-corrected chi connectivity index (χ2v) is 6.66. The standard InChI is InChI=1S/C13H15N5O5S/c1-22-6-7-23-8-18-11(13-14-16-17-15-13)12(19)9-4-2-3-5-10(9)24(18,20)21/h2-5,19H,6-8H2,1H3,(H,14,15,16,17). The predicted molar refractivity (Wildman–Crippen MR) is 81.8 cm³/mol. The van der Waals surface area contributed by atoms with Gasteiger partial charge in [0.15, 0.2) is 5.76 Å². The van der Waals surface area contributed by atoms with E-state index in [0.29, 0.717) is 6.61 Å². The molecule has 3 rings (SSSR count). The quantitative estimate of drug-likeness (QED) is 0.705. The van der Waals surface area contributed by atoms with Crippen molar-refractivity contribution in [2.75, 3.05) is 27.1 Å². The number of sulfonamides is 1. The molecule has 1 aromatic heterocycles. The predicted octanol–water partition coefficient (Wildman–Crippen LogP) is 0.208. The molecule has 0 bridgehead atoms. The molecule has 0 fully saturated rings. The Balaban J connectivity index is 2.09. The van der Waals surface area contributed by atoms with Crippen LogP contribution >= 0.6 is 0 Å². The van der Waals surface area contributed by atoms with Crippen LogP contribution < -0.4 is 0 Å². The van der Waals surface area contributed by atoms with E-state index in [1.165, 1.54) is 19.2 Å². The Morgan fingerprint density at radius 3 is 2.79 bits per heavy atom. The van der Waals surface area contributed by atoms with Crippen molar-refractivity contribution in [3.05, 3.63) is 35.7 Å². The first kappa shape index (κ1) is 16.4. The monoisotopic (exact) mass is 353 g/mol. The number of tetrazole rings is 1. The molecule has 0 spiro atoms. The number of hydrogen-bond acceptors (Lipinski definition) is 8. The van der Waals surface area contributed by atoms with Crippen molar-refractivity contribution in [1.29, 1.82) is 0 Å². The van der Waals surface area contributed by atoms with Crippen LogP contribution in [0.2, 0.25) is 0 Å². The third-order valence-electron chi connectivity index (χ3n) is 3.39. The van der Waals surface area contributed by atoms with E-state index >= 15 is 0 Å². The maximum Gasteiger partial charge on any atom is 0.267 e. The Kier molecular flexibility index (Phi) is 4.46. The number of methoxy groups -OCH3 is 1. The average Bonchev–Trinajstić information content (AvgIpc) is 3.10. The SMILES string of the molecule is COCCOCN1C(c2nnn[nH]2)=C(O)c2ccccc2S1(=O)=O. The summed E-state index contributed by atoms with van der Waals surface area (Å²) >= 11 is 0. The first-order valence-electron chi connectivity index (χ1n) is 6.93. The molecule has 2 heterocycles. The van der Waals surface area contributed by atoms with Crippen molar-refractivity contribution in [3.63, 3.8) is 0 Å². The summed E-state index contributed by atoms with van der Waals surface area (Å²) in [6, 6.07) is 6.13. The van der Waals surface area contributed by atoms with Crippen LogP contribution in [0.15, 0.2) is 29.2 Å². The molecule has 0 radical (unpaired) electrons. The number of ether oxygens (including phenoxy) is 2. The van der Waals surface area contributed by atoms with E-state index in [1.54, 1.807) is 12.1 Å². The number of nitrogens with zero attached hydrogens (tertiary/aromatic N) is 4. The molecule has 0 unspecified atom stereocenters. The third-order valence-corrected chi connectivity index (χ3v) is 5.17. The lowest BCUT2D eigenvalue weighted by Crippen LogP contribution is -2.36. The van der Waals surface area contributed by atoms with Crippen LogP contribution in [0, 0.1) is 0 Å². The summed E-state index contributed by atoms with van der Waals surface area (Å²) in [4.78, 5) is -0.0194. The lowest BCUT2D eigenvalue weighted by atomic mass is 10.1. The zero-order valence-corrected chi connectivity index (χ0v) is 13.5. The molecule has 11 heteroatoms. The second-order valence-electron chi connectivity index (χ2n) is 4.83. The van der Waals surface area contributed by atoms with E-state index in [-0.39, 0.29) is 41.1 Å². The van der Waals surface area contributed by atoms with Crippen molar-refractivity contribution in [2.45, 2.75) is 4.90 Å². The molecular weight excluding hydrogens is 338 g/mol. The molecule has 2 aromatic rings. The van der Waals surface area contributed by atoms with Crippen LogP contribution in [0.25, 0.3) is 11.5 Å². The van der Waals surface area contributed by atoms with Gasteiger partial charge in [0.2, 0.25) is 5.82 Å². The first-order valence-corrected chi connectivity index (χ1v) is 8.37. The number of H-pyrrole nitrogens is 1. The van der Waals surface area contributed by atoms with Crippen molar-refractivity contribution in [1.82, 2.24) is 24.9 Å². The van der Waals surface area contributed by atoms with Gasteiger partial charge < -0.3 is 14.6 Å². The molecule has 2 N–H and O–H groups in total. The number of aliphatic hydroxyl groups is 1. The number of aromatic nitrogens is 4. The summed E-state index contributed by atoms with van der Waals surface area (Å²) in [6.45, 7) is 0.173. The number of benzene rings is 1. The molecule has 1 aliphatic rings. The zero-order chi connectivity index (χ0) is 17.2. The minimum atomic E-state index is -3.94. The van der Waals surface area contributed by atoms with Crippen LogP contribution in [0.1, 0.15) is 11.4 Å². The molecule has 0 saturated heterocycles. The van der Waals surface area contributed by atoms with Crippen LogP contribution in [-0.4, -0.2) is 65.5 Å². The summed E-state index contributed by atoms with van der Waals surface area (Å²) in [5.74, 6) is -0.241. The zero-order valence-electron chi connectivity index (χ0n) is 12.7. The Morgan fingerprint density at radius 2 is 2.08 bits per heavy atom. The van der Waals surface area contributed by atoms with Gasteiger partial charge in [-0.1, -0.05) is 12.1 Å². The summed E-state index contributed by atoms with van der Waals surface area (Å²) < 4.78 is 36.9. The number of rotatable bonds is 6. The highest BCUT2D eigenvalue weighted by atomic mass is 32.2. The molecule has 0 amide bonds. The van der Waals surface area contributed by atoms with E-state index in [2.05, 4.69) is 20.6 Å². The van der Waals surface area contributed by atoms with Gasteiger partial charge in [-0.3, -0.25) is 0 Å².